The van der Waals surface area contributed by atoms with E-state index in [9.17, 15) is 0 Å². The number of H-pyrrole nitrogens is 1. The molecule has 7 heteroatoms. The van der Waals surface area contributed by atoms with Crippen LogP contribution in [0.3, 0.4) is 0 Å². The number of nitrogens with zero attached hydrogens (tertiary/aromatic N) is 4. The van der Waals surface area contributed by atoms with Crippen molar-refractivity contribution in [2.45, 2.75) is 20.3 Å². The summed E-state index contributed by atoms with van der Waals surface area (Å²) in [6.45, 7) is 8.44. The monoisotopic (exact) mass is 339 g/mol. The molecule has 0 atom stereocenters. The summed E-state index contributed by atoms with van der Waals surface area (Å²) in [6, 6.07) is 9.96. The van der Waals surface area contributed by atoms with Gasteiger partial charge in [-0.25, -0.2) is 4.98 Å². The Kier molecular flexibility index (Phi) is 5.79. The second kappa shape index (κ2) is 8.43. The maximum absolute atomic E-state index is 4.61. The van der Waals surface area contributed by atoms with Gasteiger partial charge in [-0.3, -0.25) is 0 Å². The molecule has 0 unspecified atom stereocenters. The van der Waals surface area contributed by atoms with Crippen LogP contribution in [0.4, 0.5) is 17.5 Å². The van der Waals surface area contributed by atoms with Crippen molar-refractivity contribution >= 4 is 28.6 Å². The van der Waals surface area contributed by atoms with E-state index in [0.717, 1.165) is 49.6 Å². The lowest BCUT2D eigenvalue weighted by molar-refractivity contribution is 0.303. The van der Waals surface area contributed by atoms with E-state index < -0.39 is 0 Å². The number of benzene rings is 1. The highest BCUT2D eigenvalue weighted by Gasteiger charge is 2.10. The van der Waals surface area contributed by atoms with Crippen LogP contribution in [0.2, 0.25) is 0 Å². The number of nitrogens with one attached hydrogen (secondary N) is 3. The van der Waals surface area contributed by atoms with E-state index in [1.165, 1.54) is 0 Å². The first-order valence-corrected chi connectivity index (χ1v) is 8.79. The van der Waals surface area contributed by atoms with Crippen LogP contribution in [-0.4, -0.2) is 51.0 Å². The number of hydrogen-bond donors (Lipinski definition) is 3. The van der Waals surface area contributed by atoms with Gasteiger partial charge in [0.05, 0.1) is 6.33 Å². The van der Waals surface area contributed by atoms with Gasteiger partial charge in [-0.2, -0.15) is 9.97 Å². The van der Waals surface area contributed by atoms with Crippen molar-refractivity contribution in [3.63, 3.8) is 0 Å². The van der Waals surface area contributed by atoms with Gasteiger partial charge in [-0.05, 0) is 38.2 Å². The fraction of sp³-hybridized carbons (Fsp3) is 0.389. The van der Waals surface area contributed by atoms with Crippen molar-refractivity contribution in [2.24, 2.45) is 0 Å². The first-order chi connectivity index (χ1) is 12.3. The normalized spacial score (nSPS) is 11.2. The van der Waals surface area contributed by atoms with Crippen molar-refractivity contribution in [3.05, 3.63) is 36.7 Å². The van der Waals surface area contributed by atoms with E-state index in [-0.39, 0.29) is 0 Å². The Balaban J connectivity index is 1.69. The lowest BCUT2D eigenvalue weighted by Gasteiger charge is -2.17. The largest absolute Gasteiger partial charge is 0.354 e. The van der Waals surface area contributed by atoms with Crippen molar-refractivity contribution in [1.82, 2.24) is 24.8 Å². The Hall–Kier alpha value is -2.67. The quantitative estimate of drug-likeness (QED) is 0.519. The average molecular weight is 339 g/mol. The third-order valence-electron chi connectivity index (χ3n) is 4.15. The summed E-state index contributed by atoms with van der Waals surface area (Å²) in [5, 5.41) is 6.64. The van der Waals surface area contributed by atoms with Crippen molar-refractivity contribution in [3.8, 4) is 0 Å². The first-order valence-electron chi connectivity index (χ1n) is 8.79. The van der Waals surface area contributed by atoms with Gasteiger partial charge in [0.1, 0.15) is 5.52 Å². The minimum Gasteiger partial charge on any atom is -0.354 e. The molecule has 3 rings (SSSR count). The van der Waals surface area contributed by atoms with E-state index in [1.54, 1.807) is 6.33 Å². The molecule has 7 nitrogen and oxygen atoms in total. The maximum Gasteiger partial charge on any atom is 0.226 e. The van der Waals surface area contributed by atoms with Crippen LogP contribution in [0.25, 0.3) is 11.2 Å². The number of rotatable bonds is 9. The van der Waals surface area contributed by atoms with Crippen LogP contribution < -0.4 is 10.6 Å². The van der Waals surface area contributed by atoms with Crippen LogP contribution in [-0.2, 0) is 0 Å². The van der Waals surface area contributed by atoms with Crippen LogP contribution in [0, 0.1) is 0 Å². The fourth-order valence-electron chi connectivity index (χ4n) is 2.70. The number of anilines is 3. The average Bonchev–Trinajstić information content (AvgIpc) is 3.12. The molecule has 0 fully saturated rings. The zero-order chi connectivity index (χ0) is 17.5. The van der Waals surface area contributed by atoms with Gasteiger partial charge in [-0.1, -0.05) is 32.0 Å². The molecule has 2 heterocycles. The van der Waals surface area contributed by atoms with Gasteiger partial charge < -0.3 is 20.5 Å². The number of imidazole rings is 1. The predicted molar refractivity (Wildman–Crippen MR) is 102 cm³/mol. The maximum atomic E-state index is 4.61. The molecular weight excluding hydrogens is 314 g/mol. The van der Waals surface area contributed by atoms with E-state index in [0.29, 0.717) is 11.6 Å². The highest BCUT2D eigenvalue weighted by atomic mass is 15.2. The lowest BCUT2D eigenvalue weighted by atomic mass is 10.3. The molecule has 0 amide bonds. The molecule has 0 aliphatic rings. The molecule has 132 valence electrons. The predicted octanol–water partition coefficient (Wildman–Crippen LogP) is 3.24. The highest BCUT2D eigenvalue weighted by Crippen LogP contribution is 2.22. The van der Waals surface area contributed by atoms with Crippen molar-refractivity contribution < 1.29 is 0 Å². The van der Waals surface area contributed by atoms with Crippen molar-refractivity contribution in [1.29, 1.82) is 0 Å². The third-order valence-corrected chi connectivity index (χ3v) is 4.15. The number of para-hydroxylation sites is 1. The summed E-state index contributed by atoms with van der Waals surface area (Å²) >= 11 is 0. The van der Waals surface area contributed by atoms with Gasteiger partial charge in [0.15, 0.2) is 11.5 Å². The Morgan fingerprint density at radius 1 is 1.08 bits per heavy atom. The summed E-state index contributed by atoms with van der Waals surface area (Å²) in [5.41, 5.74) is 2.43. The van der Waals surface area contributed by atoms with Gasteiger partial charge in [0.2, 0.25) is 5.95 Å². The van der Waals surface area contributed by atoms with Crippen molar-refractivity contribution in [2.75, 3.05) is 36.8 Å². The molecule has 2 aromatic heterocycles. The summed E-state index contributed by atoms with van der Waals surface area (Å²) < 4.78 is 0. The SMILES string of the molecule is CCN(CC)CCCNc1nc(Nc2ccccc2)c2[nH]cnc2n1. The molecule has 1 aromatic carbocycles. The topological polar surface area (TPSA) is 81.8 Å². The fourth-order valence-corrected chi connectivity index (χ4v) is 2.70. The standard InChI is InChI=1S/C18H25N7/c1-3-25(4-2)12-8-11-19-18-23-16-15(20-13-21-16)17(24-18)22-14-9-6-5-7-10-14/h5-7,9-10,13H,3-4,8,11-12H2,1-2H3,(H3,19,20,21,22,23,24). The molecule has 0 bridgehead atoms. The molecule has 0 aliphatic carbocycles. The summed E-state index contributed by atoms with van der Waals surface area (Å²) in [6.07, 6.45) is 2.69. The minimum atomic E-state index is 0.595. The number of hydrogen-bond acceptors (Lipinski definition) is 6. The Labute approximate surface area is 147 Å². The van der Waals surface area contributed by atoms with Crippen LogP contribution >= 0.6 is 0 Å². The molecule has 3 N–H and O–H groups in total. The summed E-state index contributed by atoms with van der Waals surface area (Å²) in [7, 11) is 0. The number of fused-ring (bicyclic) bond motifs is 1. The van der Waals surface area contributed by atoms with E-state index in [1.807, 2.05) is 30.3 Å². The molecule has 3 aromatic rings. The van der Waals surface area contributed by atoms with Gasteiger partial charge >= 0.3 is 0 Å². The Bertz CT molecular complexity index is 780. The van der Waals surface area contributed by atoms with E-state index >= 15 is 0 Å². The van der Waals surface area contributed by atoms with E-state index in [2.05, 4.69) is 49.3 Å². The molecule has 25 heavy (non-hydrogen) atoms. The molecule has 0 radical (unpaired) electrons. The van der Waals surface area contributed by atoms with E-state index in [4.69, 9.17) is 0 Å². The molecule has 0 spiro atoms. The molecule has 0 saturated carbocycles. The Morgan fingerprint density at radius 2 is 1.88 bits per heavy atom. The molecule has 0 aliphatic heterocycles. The smallest absolute Gasteiger partial charge is 0.226 e. The molecular formula is C18H25N7. The summed E-state index contributed by atoms with van der Waals surface area (Å²) in [5.74, 6) is 1.32. The number of aromatic nitrogens is 4. The van der Waals surface area contributed by atoms with Gasteiger partial charge in [0.25, 0.3) is 0 Å². The zero-order valence-corrected chi connectivity index (χ0v) is 14.8. The van der Waals surface area contributed by atoms with Gasteiger partial charge in [-0.15, -0.1) is 0 Å². The Morgan fingerprint density at radius 3 is 2.64 bits per heavy atom. The number of aromatic amines is 1. The van der Waals surface area contributed by atoms with Gasteiger partial charge in [0, 0.05) is 12.2 Å². The highest BCUT2D eigenvalue weighted by molar-refractivity contribution is 5.85. The zero-order valence-electron chi connectivity index (χ0n) is 14.8. The second-order valence-electron chi connectivity index (χ2n) is 5.80. The third kappa shape index (κ3) is 4.45. The van der Waals surface area contributed by atoms with Crippen LogP contribution in [0.15, 0.2) is 36.7 Å². The second-order valence-corrected chi connectivity index (χ2v) is 5.80. The molecule has 0 saturated heterocycles. The summed E-state index contributed by atoms with van der Waals surface area (Å²) in [4.78, 5) is 18.9. The van der Waals surface area contributed by atoms with Crippen LogP contribution in [0.5, 0.6) is 0 Å². The lowest BCUT2D eigenvalue weighted by Crippen LogP contribution is -2.25. The minimum absolute atomic E-state index is 0.595. The van der Waals surface area contributed by atoms with Crippen LogP contribution in [0.1, 0.15) is 20.3 Å². The first kappa shape index (κ1) is 17.2.